The van der Waals surface area contributed by atoms with Crippen LogP contribution in [0.2, 0.25) is 5.02 Å². The van der Waals surface area contributed by atoms with E-state index in [4.69, 9.17) is 17.4 Å². The molecular formula is C17H20ClFN2. The summed E-state index contributed by atoms with van der Waals surface area (Å²) in [6.45, 7) is 4.20. The minimum absolute atomic E-state index is 0.0774. The Bertz CT molecular complexity index is 575. The molecule has 2 aromatic carbocycles. The third-order valence-electron chi connectivity index (χ3n) is 3.76. The first-order chi connectivity index (χ1) is 9.99. The van der Waals surface area contributed by atoms with Gasteiger partial charge in [0.2, 0.25) is 0 Å². The molecule has 3 N–H and O–H groups in total. The molecule has 0 aromatic heterocycles. The zero-order valence-electron chi connectivity index (χ0n) is 12.3. The number of benzene rings is 2. The van der Waals surface area contributed by atoms with Gasteiger partial charge in [0.05, 0.1) is 5.02 Å². The first-order valence-electron chi connectivity index (χ1n) is 6.95. The quantitative estimate of drug-likeness (QED) is 0.653. The Morgan fingerprint density at radius 2 is 1.67 bits per heavy atom. The average Bonchev–Trinajstić information content (AvgIpc) is 2.46. The maximum absolute atomic E-state index is 13.2. The molecule has 2 nitrogen and oxygen atoms in total. The Hall–Kier alpha value is -1.42. The van der Waals surface area contributed by atoms with Gasteiger partial charge in [0.15, 0.2) is 0 Å². The number of halogens is 2. The molecule has 0 spiro atoms. The van der Waals surface area contributed by atoms with Crippen molar-refractivity contribution in [1.82, 2.24) is 5.43 Å². The van der Waals surface area contributed by atoms with Crippen LogP contribution in [0, 0.1) is 19.7 Å². The van der Waals surface area contributed by atoms with Crippen LogP contribution in [0.15, 0.2) is 36.4 Å². The number of hydrazine groups is 1. The molecule has 0 amide bonds. The van der Waals surface area contributed by atoms with E-state index in [0.717, 1.165) is 12.0 Å². The zero-order chi connectivity index (χ0) is 15.4. The minimum Gasteiger partial charge on any atom is -0.271 e. The molecule has 112 valence electrons. The smallest absolute Gasteiger partial charge is 0.141 e. The number of hydrogen-bond donors (Lipinski definition) is 2. The van der Waals surface area contributed by atoms with Crippen molar-refractivity contribution in [2.45, 2.75) is 32.7 Å². The van der Waals surface area contributed by atoms with Crippen molar-refractivity contribution in [3.05, 3.63) is 69.5 Å². The van der Waals surface area contributed by atoms with Crippen molar-refractivity contribution in [3.63, 3.8) is 0 Å². The average molecular weight is 307 g/mol. The number of rotatable bonds is 5. The molecule has 0 saturated carbocycles. The largest absolute Gasteiger partial charge is 0.271 e. The third-order valence-corrected chi connectivity index (χ3v) is 4.04. The highest BCUT2D eigenvalue weighted by Crippen LogP contribution is 2.18. The lowest BCUT2D eigenvalue weighted by atomic mass is 9.97. The van der Waals surface area contributed by atoms with Crippen LogP contribution in [0.5, 0.6) is 0 Å². The van der Waals surface area contributed by atoms with Gasteiger partial charge in [0.1, 0.15) is 5.82 Å². The van der Waals surface area contributed by atoms with Crippen molar-refractivity contribution in [1.29, 1.82) is 0 Å². The Balaban J connectivity index is 2.08. The molecule has 0 aliphatic rings. The van der Waals surface area contributed by atoms with Gasteiger partial charge in [-0.05, 0) is 61.1 Å². The summed E-state index contributed by atoms with van der Waals surface area (Å²) < 4.78 is 13.2. The number of aryl methyl sites for hydroxylation is 2. The molecule has 0 aliphatic heterocycles. The third kappa shape index (κ3) is 4.27. The molecule has 1 unspecified atom stereocenters. The maximum Gasteiger partial charge on any atom is 0.141 e. The molecule has 0 fully saturated rings. The van der Waals surface area contributed by atoms with Gasteiger partial charge in [0.25, 0.3) is 0 Å². The Morgan fingerprint density at radius 1 is 1.05 bits per heavy atom. The van der Waals surface area contributed by atoms with Crippen molar-refractivity contribution in [2.24, 2.45) is 5.84 Å². The standard InChI is InChI=1S/C17H20ClFN2/c1-11-3-4-13(7-12(11)2)8-15(21-20)9-14-5-6-17(19)16(18)10-14/h3-7,10,15,21H,8-9,20H2,1-2H3. The number of nitrogens with two attached hydrogens (primary N) is 1. The van der Waals surface area contributed by atoms with Crippen LogP contribution in [0.1, 0.15) is 22.3 Å². The van der Waals surface area contributed by atoms with E-state index in [1.807, 2.05) is 0 Å². The van der Waals surface area contributed by atoms with E-state index in [1.54, 1.807) is 12.1 Å². The molecule has 0 bridgehead atoms. The maximum atomic E-state index is 13.2. The van der Waals surface area contributed by atoms with E-state index in [9.17, 15) is 4.39 Å². The lowest BCUT2D eigenvalue weighted by molar-refractivity contribution is 0.521. The topological polar surface area (TPSA) is 38.0 Å². The Kier molecular flexibility index (Phi) is 5.34. The summed E-state index contributed by atoms with van der Waals surface area (Å²) in [6.07, 6.45) is 1.51. The van der Waals surface area contributed by atoms with Crippen molar-refractivity contribution in [2.75, 3.05) is 0 Å². The molecule has 2 rings (SSSR count). The van der Waals surface area contributed by atoms with Gasteiger partial charge in [-0.3, -0.25) is 11.3 Å². The molecular weight excluding hydrogens is 287 g/mol. The molecule has 0 aliphatic carbocycles. The Labute approximate surface area is 130 Å². The molecule has 0 heterocycles. The number of hydrogen-bond acceptors (Lipinski definition) is 2. The summed E-state index contributed by atoms with van der Waals surface area (Å²) in [4.78, 5) is 0. The summed E-state index contributed by atoms with van der Waals surface area (Å²) in [6, 6.07) is 11.3. The monoisotopic (exact) mass is 306 g/mol. The van der Waals surface area contributed by atoms with Gasteiger partial charge in [0, 0.05) is 6.04 Å². The summed E-state index contributed by atoms with van der Waals surface area (Å²) in [5, 5.41) is 0.148. The van der Waals surface area contributed by atoms with Gasteiger partial charge in [-0.25, -0.2) is 4.39 Å². The summed E-state index contributed by atoms with van der Waals surface area (Å²) >= 11 is 5.81. The van der Waals surface area contributed by atoms with Crippen LogP contribution in [0.3, 0.4) is 0 Å². The molecule has 4 heteroatoms. The number of nitrogens with one attached hydrogen (secondary N) is 1. The predicted molar refractivity (Wildman–Crippen MR) is 85.8 cm³/mol. The summed E-state index contributed by atoms with van der Waals surface area (Å²) in [5.41, 5.74) is 7.58. The van der Waals surface area contributed by atoms with Crippen LogP contribution in [0.25, 0.3) is 0 Å². The highest BCUT2D eigenvalue weighted by atomic mass is 35.5. The van der Waals surface area contributed by atoms with Gasteiger partial charge >= 0.3 is 0 Å². The van der Waals surface area contributed by atoms with Crippen LogP contribution in [0.4, 0.5) is 4.39 Å². The van der Waals surface area contributed by atoms with Crippen LogP contribution < -0.4 is 11.3 Å². The second-order valence-corrected chi connectivity index (χ2v) is 5.85. The molecule has 1 atom stereocenters. The van der Waals surface area contributed by atoms with Gasteiger partial charge in [-0.15, -0.1) is 0 Å². The van der Waals surface area contributed by atoms with E-state index in [-0.39, 0.29) is 11.1 Å². The molecule has 0 radical (unpaired) electrons. The van der Waals surface area contributed by atoms with Crippen molar-refractivity contribution < 1.29 is 4.39 Å². The van der Waals surface area contributed by atoms with Crippen molar-refractivity contribution in [3.8, 4) is 0 Å². The fourth-order valence-electron chi connectivity index (χ4n) is 2.36. The lowest BCUT2D eigenvalue weighted by Gasteiger charge is -2.17. The SMILES string of the molecule is Cc1ccc(CC(Cc2ccc(F)c(Cl)c2)NN)cc1C. The summed E-state index contributed by atoms with van der Waals surface area (Å²) in [5.74, 6) is 5.25. The van der Waals surface area contributed by atoms with Gasteiger partial charge in [-0.2, -0.15) is 0 Å². The van der Waals surface area contributed by atoms with E-state index in [2.05, 4.69) is 37.5 Å². The van der Waals surface area contributed by atoms with Crippen LogP contribution in [-0.2, 0) is 12.8 Å². The first kappa shape index (κ1) is 16.0. The van der Waals surface area contributed by atoms with Crippen molar-refractivity contribution >= 4 is 11.6 Å². The van der Waals surface area contributed by atoms with Crippen LogP contribution in [-0.4, -0.2) is 6.04 Å². The fourth-order valence-corrected chi connectivity index (χ4v) is 2.56. The van der Waals surface area contributed by atoms with E-state index in [0.29, 0.717) is 6.42 Å². The summed E-state index contributed by atoms with van der Waals surface area (Å²) in [7, 11) is 0. The molecule has 21 heavy (non-hydrogen) atoms. The van der Waals surface area contributed by atoms with E-state index < -0.39 is 5.82 Å². The first-order valence-corrected chi connectivity index (χ1v) is 7.33. The second kappa shape index (κ2) is 7.03. The zero-order valence-corrected chi connectivity index (χ0v) is 13.0. The second-order valence-electron chi connectivity index (χ2n) is 5.44. The van der Waals surface area contributed by atoms with E-state index >= 15 is 0 Å². The highest BCUT2D eigenvalue weighted by Gasteiger charge is 2.11. The fraction of sp³-hybridized carbons (Fsp3) is 0.294. The van der Waals surface area contributed by atoms with Crippen LogP contribution >= 0.6 is 11.6 Å². The molecule has 2 aromatic rings. The predicted octanol–water partition coefficient (Wildman–Crippen LogP) is 3.71. The minimum atomic E-state index is -0.396. The normalized spacial score (nSPS) is 12.4. The van der Waals surface area contributed by atoms with Gasteiger partial charge < -0.3 is 0 Å². The molecule has 0 saturated heterocycles. The Morgan fingerprint density at radius 3 is 2.24 bits per heavy atom. The lowest BCUT2D eigenvalue weighted by Crippen LogP contribution is -2.38. The van der Waals surface area contributed by atoms with E-state index in [1.165, 1.54) is 22.8 Å². The highest BCUT2D eigenvalue weighted by molar-refractivity contribution is 6.30. The van der Waals surface area contributed by atoms with Gasteiger partial charge in [-0.1, -0.05) is 35.9 Å².